The summed E-state index contributed by atoms with van der Waals surface area (Å²) in [5.74, 6) is -0.857. The maximum absolute atomic E-state index is 10.7. The van der Waals surface area contributed by atoms with Gasteiger partial charge in [-0.15, -0.1) is 0 Å². The Balaban J connectivity index is 4.37. The van der Waals surface area contributed by atoms with Crippen LogP contribution in [-0.4, -0.2) is 17.1 Å². The second-order valence-corrected chi connectivity index (χ2v) is 5.81. The molecule has 0 aliphatic rings. The molecule has 0 heterocycles. The molecule has 0 unspecified atom stereocenters. The van der Waals surface area contributed by atoms with Crippen molar-refractivity contribution in [1.29, 1.82) is 0 Å². The first kappa shape index (κ1) is 12.4. The van der Waals surface area contributed by atoms with Crippen LogP contribution in [0.3, 0.4) is 0 Å². The third-order valence-electron chi connectivity index (χ3n) is 0.971. The van der Waals surface area contributed by atoms with Crippen LogP contribution in [0.15, 0.2) is 0 Å². The molecule has 5 heteroatoms. The fourth-order valence-corrected chi connectivity index (χ4v) is 1.58. The van der Waals surface area contributed by atoms with E-state index in [-0.39, 0.29) is 5.16 Å². The summed E-state index contributed by atoms with van der Waals surface area (Å²) >= 11 is 0. The number of hydrogen-bond acceptors (Lipinski definition) is 4. The molecule has 0 N–H and O–H groups in total. The van der Waals surface area contributed by atoms with E-state index in [1.165, 1.54) is 13.8 Å². The van der Waals surface area contributed by atoms with Gasteiger partial charge in [0.2, 0.25) is 0 Å². The van der Waals surface area contributed by atoms with Crippen LogP contribution in [-0.2, 0) is 18.6 Å². The van der Waals surface area contributed by atoms with Crippen molar-refractivity contribution in [3.8, 4) is 0 Å². The van der Waals surface area contributed by atoms with Crippen LogP contribution in [0, 0.1) is 0 Å². The van der Waals surface area contributed by atoms with Gasteiger partial charge >= 0.3 is 20.3 Å². The van der Waals surface area contributed by atoms with Crippen LogP contribution in [0.1, 0.15) is 34.6 Å². The number of hydrogen-bond donors (Lipinski definition) is 0. The molecule has 0 aliphatic carbocycles. The Bertz CT molecular complexity index is 191. The molecule has 0 atom stereocenters. The van der Waals surface area contributed by atoms with Gasteiger partial charge in [-0.3, -0.25) is 9.59 Å². The molecule has 0 fully saturated rings. The van der Waals surface area contributed by atoms with E-state index in [0.29, 0.717) is 0 Å². The van der Waals surface area contributed by atoms with Crippen molar-refractivity contribution in [1.82, 2.24) is 0 Å². The fraction of sp³-hybridized carbons (Fsp3) is 0.750. The van der Waals surface area contributed by atoms with E-state index in [2.05, 4.69) is 0 Å². The molecular weight excluding hydrogens is 191 g/mol. The van der Waals surface area contributed by atoms with E-state index in [9.17, 15) is 9.59 Å². The average Bonchev–Trinajstić information content (AvgIpc) is 1.81. The van der Waals surface area contributed by atoms with E-state index < -0.39 is 20.3 Å². The van der Waals surface area contributed by atoms with Crippen molar-refractivity contribution in [2.24, 2.45) is 0 Å². The Hall–Kier alpha value is -0.630. The normalized spacial score (nSPS) is 11.2. The van der Waals surface area contributed by atoms with E-state index in [0.717, 1.165) is 0 Å². The third-order valence-corrected chi connectivity index (χ3v) is 2.91. The lowest BCUT2D eigenvalue weighted by molar-refractivity contribution is -0.135. The zero-order chi connectivity index (χ0) is 10.6. The lowest BCUT2D eigenvalue weighted by Crippen LogP contribution is -2.17. The van der Waals surface area contributed by atoms with E-state index >= 15 is 0 Å². The van der Waals surface area contributed by atoms with Gasteiger partial charge in [-0.05, 0) is 20.8 Å². The van der Waals surface area contributed by atoms with Crippen molar-refractivity contribution in [3.63, 3.8) is 0 Å². The van der Waals surface area contributed by atoms with Crippen molar-refractivity contribution >= 4 is 20.3 Å². The van der Waals surface area contributed by atoms with Gasteiger partial charge in [-0.2, -0.15) is 0 Å². The summed E-state index contributed by atoms with van der Waals surface area (Å²) in [6, 6.07) is 0. The maximum atomic E-state index is 10.7. The molecule has 76 valence electrons. The first-order valence-corrected chi connectivity index (χ1v) is 5.08. The molecule has 13 heavy (non-hydrogen) atoms. The molecular formula is C8H15O4P. The van der Waals surface area contributed by atoms with Gasteiger partial charge in [0, 0.05) is 13.8 Å². The van der Waals surface area contributed by atoms with E-state index in [1.54, 1.807) is 0 Å². The van der Waals surface area contributed by atoms with Crippen molar-refractivity contribution in [2.45, 2.75) is 39.8 Å². The third kappa shape index (κ3) is 5.58. The summed E-state index contributed by atoms with van der Waals surface area (Å²) in [5, 5.41) is -0.341. The first-order valence-electron chi connectivity index (χ1n) is 3.91. The lowest BCUT2D eigenvalue weighted by atomic mass is 10.3. The van der Waals surface area contributed by atoms with Crippen LogP contribution in [0.5, 0.6) is 0 Å². The molecule has 4 nitrogen and oxygen atoms in total. The summed E-state index contributed by atoms with van der Waals surface area (Å²) in [7, 11) is -1.48. The summed E-state index contributed by atoms with van der Waals surface area (Å²) in [6.07, 6.45) is 0. The summed E-state index contributed by atoms with van der Waals surface area (Å²) in [4.78, 5) is 21.4. The van der Waals surface area contributed by atoms with Crippen LogP contribution >= 0.6 is 8.38 Å². The van der Waals surface area contributed by atoms with Gasteiger partial charge in [0.25, 0.3) is 0 Å². The van der Waals surface area contributed by atoms with Crippen LogP contribution in [0.25, 0.3) is 0 Å². The standard InChI is InChI=1S/C8H15O4P/c1-6(9)11-13(8(3,4)5)12-7(2)10/h1-5H3. The Morgan fingerprint density at radius 3 is 1.46 bits per heavy atom. The van der Waals surface area contributed by atoms with Crippen LogP contribution < -0.4 is 0 Å². The Morgan fingerprint density at radius 1 is 1.00 bits per heavy atom. The molecule has 0 radical (unpaired) electrons. The monoisotopic (exact) mass is 206 g/mol. The predicted octanol–water partition coefficient (Wildman–Crippen LogP) is 2.22. The van der Waals surface area contributed by atoms with Gasteiger partial charge in [0.05, 0.1) is 5.16 Å². The summed E-state index contributed by atoms with van der Waals surface area (Å²) < 4.78 is 9.82. The minimum atomic E-state index is -1.48. The first-order chi connectivity index (χ1) is 5.73. The van der Waals surface area contributed by atoms with Gasteiger partial charge in [-0.1, -0.05) is 0 Å². The van der Waals surface area contributed by atoms with E-state index in [4.69, 9.17) is 9.05 Å². The smallest absolute Gasteiger partial charge is 0.307 e. The minimum absolute atomic E-state index is 0.341. The zero-order valence-electron chi connectivity index (χ0n) is 8.58. The molecule has 0 spiro atoms. The number of carbonyl (C=O) groups is 2. The largest absolute Gasteiger partial charge is 0.406 e. The van der Waals surface area contributed by atoms with Crippen LogP contribution in [0.4, 0.5) is 0 Å². The van der Waals surface area contributed by atoms with Gasteiger partial charge in [0.1, 0.15) is 0 Å². The second kappa shape index (κ2) is 4.56. The number of carbonyl (C=O) groups excluding carboxylic acids is 2. The quantitative estimate of drug-likeness (QED) is 0.650. The van der Waals surface area contributed by atoms with E-state index in [1.807, 2.05) is 20.8 Å². The fourth-order valence-electron chi connectivity index (χ4n) is 0.526. The van der Waals surface area contributed by atoms with Gasteiger partial charge in [-0.25, -0.2) is 0 Å². The molecule has 0 saturated heterocycles. The SMILES string of the molecule is CC(=O)OP(OC(C)=O)C(C)(C)C. The van der Waals surface area contributed by atoms with Crippen molar-refractivity contribution < 1.29 is 18.6 Å². The molecule has 0 amide bonds. The predicted molar refractivity (Wildman–Crippen MR) is 50.2 cm³/mol. The van der Waals surface area contributed by atoms with Crippen molar-refractivity contribution in [3.05, 3.63) is 0 Å². The lowest BCUT2D eigenvalue weighted by Gasteiger charge is -2.26. The highest BCUT2D eigenvalue weighted by Crippen LogP contribution is 2.51. The molecule has 0 aromatic carbocycles. The highest BCUT2D eigenvalue weighted by atomic mass is 31.2. The Morgan fingerprint density at radius 2 is 1.31 bits per heavy atom. The zero-order valence-corrected chi connectivity index (χ0v) is 9.47. The van der Waals surface area contributed by atoms with Crippen LogP contribution in [0.2, 0.25) is 0 Å². The average molecular weight is 206 g/mol. The van der Waals surface area contributed by atoms with Gasteiger partial charge < -0.3 is 9.05 Å². The molecule has 0 bridgehead atoms. The Labute approximate surface area is 79.5 Å². The van der Waals surface area contributed by atoms with Gasteiger partial charge in [0.15, 0.2) is 0 Å². The topological polar surface area (TPSA) is 52.6 Å². The highest BCUT2D eigenvalue weighted by Gasteiger charge is 2.32. The number of rotatable bonds is 2. The molecule has 0 saturated carbocycles. The molecule has 0 aliphatic heterocycles. The summed E-state index contributed by atoms with van der Waals surface area (Å²) in [6.45, 7) is 8.15. The molecule has 0 aromatic heterocycles. The maximum Gasteiger partial charge on any atom is 0.307 e. The van der Waals surface area contributed by atoms with Crippen molar-refractivity contribution in [2.75, 3.05) is 0 Å². The molecule has 0 aromatic rings. The summed E-state index contributed by atoms with van der Waals surface area (Å²) in [5.41, 5.74) is 0. The Kier molecular flexibility index (Phi) is 4.34. The molecule has 0 rings (SSSR count). The highest BCUT2D eigenvalue weighted by molar-refractivity contribution is 7.50. The second-order valence-electron chi connectivity index (χ2n) is 3.59. The minimum Gasteiger partial charge on any atom is -0.406 e.